The minimum Gasteiger partial charge on any atom is -0.361 e. The summed E-state index contributed by atoms with van der Waals surface area (Å²) in [6, 6.07) is 3.25. The second-order valence-corrected chi connectivity index (χ2v) is 4.87. The molecule has 3 heterocycles. The molecule has 0 bridgehead atoms. The van der Waals surface area contributed by atoms with Crippen LogP contribution in [0.3, 0.4) is 0 Å². The fraction of sp³-hybridized carbons (Fsp3) is 0.500. The van der Waals surface area contributed by atoms with Crippen LogP contribution >= 0.6 is 0 Å². The van der Waals surface area contributed by atoms with E-state index in [9.17, 15) is 4.79 Å². The number of aromatic nitrogens is 5. The van der Waals surface area contributed by atoms with E-state index < -0.39 is 0 Å². The van der Waals surface area contributed by atoms with Gasteiger partial charge >= 0.3 is 0 Å². The standard InChI is InChI=1S/C12H16N6O/c1-16(2)10-5-6-12(19)18(15-10)8-11-14-13-9-4-3-7-17(9)11/h5-6H,3-4,7-8H2,1-2H3. The third-order valence-corrected chi connectivity index (χ3v) is 3.29. The van der Waals surface area contributed by atoms with Crippen LogP contribution in [0.1, 0.15) is 18.1 Å². The van der Waals surface area contributed by atoms with Gasteiger partial charge in [0.2, 0.25) is 0 Å². The lowest BCUT2D eigenvalue weighted by Crippen LogP contribution is -2.26. The highest BCUT2D eigenvalue weighted by Gasteiger charge is 2.18. The van der Waals surface area contributed by atoms with Crippen molar-refractivity contribution in [2.45, 2.75) is 25.9 Å². The zero-order chi connectivity index (χ0) is 13.4. The summed E-state index contributed by atoms with van der Waals surface area (Å²) in [5.41, 5.74) is -0.124. The van der Waals surface area contributed by atoms with Crippen molar-refractivity contribution in [3.05, 3.63) is 34.1 Å². The van der Waals surface area contributed by atoms with Crippen LogP contribution in [0.25, 0.3) is 0 Å². The summed E-state index contributed by atoms with van der Waals surface area (Å²) in [5, 5.41) is 12.6. The molecule has 2 aromatic rings. The molecule has 0 radical (unpaired) electrons. The van der Waals surface area contributed by atoms with E-state index in [1.165, 1.54) is 10.7 Å². The van der Waals surface area contributed by atoms with Gasteiger partial charge in [0, 0.05) is 33.1 Å². The average molecular weight is 260 g/mol. The molecule has 0 aromatic carbocycles. The first-order chi connectivity index (χ1) is 9.15. The molecule has 100 valence electrons. The van der Waals surface area contributed by atoms with Crippen LogP contribution in [0.15, 0.2) is 16.9 Å². The van der Waals surface area contributed by atoms with Crippen LogP contribution in [0.4, 0.5) is 5.82 Å². The number of hydrogen-bond acceptors (Lipinski definition) is 5. The van der Waals surface area contributed by atoms with E-state index >= 15 is 0 Å². The first-order valence-corrected chi connectivity index (χ1v) is 6.31. The van der Waals surface area contributed by atoms with Gasteiger partial charge in [0.05, 0.1) is 0 Å². The largest absolute Gasteiger partial charge is 0.361 e. The smallest absolute Gasteiger partial charge is 0.267 e. The van der Waals surface area contributed by atoms with Crippen LogP contribution in [-0.2, 0) is 19.5 Å². The lowest BCUT2D eigenvalue weighted by Gasteiger charge is -2.12. The quantitative estimate of drug-likeness (QED) is 0.770. The van der Waals surface area contributed by atoms with E-state index in [1.54, 1.807) is 6.07 Å². The summed E-state index contributed by atoms with van der Waals surface area (Å²) in [7, 11) is 3.79. The van der Waals surface area contributed by atoms with Crippen LogP contribution < -0.4 is 10.5 Å². The van der Waals surface area contributed by atoms with Gasteiger partial charge in [0.1, 0.15) is 18.2 Å². The van der Waals surface area contributed by atoms with Gasteiger partial charge < -0.3 is 9.47 Å². The van der Waals surface area contributed by atoms with E-state index in [0.29, 0.717) is 6.54 Å². The molecule has 0 atom stereocenters. The lowest BCUT2D eigenvalue weighted by molar-refractivity contribution is 0.577. The Labute approximate surface area is 110 Å². The van der Waals surface area contributed by atoms with Gasteiger partial charge in [0.25, 0.3) is 5.56 Å². The minimum absolute atomic E-state index is 0.124. The fourth-order valence-electron chi connectivity index (χ4n) is 2.25. The maximum Gasteiger partial charge on any atom is 0.267 e. The monoisotopic (exact) mass is 260 g/mol. The van der Waals surface area contributed by atoms with Gasteiger partial charge in [-0.2, -0.15) is 5.10 Å². The van der Waals surface area contributed by atoms with E-state index in [0.717, 1.165) is 36.9 Å². The van der Waals surface area contributed by atoms with Crippen LogP contribution in [0.2, 0.25) is 0 Å². The number of fused-ring (bicyclic) bond motifs is 1. The van der Waals surface area contributed by atoms with Crippen molar-refractivity contribution in [3.8, 4) is 0 Å². The van der Waals surface area contributed by atoms with Crippen molar-refractivity contribution in [2.75, 3.05) is 19.0 Å². The summed E-state index contributed by atoms with van der Waals surface area (Å²) in [5.74, 6) is 2.56. The minimum atomic E-state index is -0.124. The highest BCUT2D eigenvalue weighted by molar-refractivity contribution is 5.33. The van der Waals surface area contributed by atoms with Gasteiger partial charge in [-0.3, -0.25) is 4.79 Å². The van der Waals surface area contributed by atoms with Gasteiger partial charge in [-0.25, -0.2) is 4.68 Å². The predicted octanol–water partition coefficient (Wildman–Crippen LogP) is -0.105. The molecule has 1 aliphatic rings. The lowest BCUT2D eigenvalue weighted by atomic mass is 10.4. The second-order valence-electron chi connectivity index (χ2n) is 4.87. The molecule has 7 heteroatoms. The van der Waals surface area contributed by atoms with E-state index in [4.69, 9.17) is 0 Å². The number of hydrogen-bond donors (Lipinski definition) is 0. The molecule has 0 N–H and O–H groups in total. The van der Waals surface area contributed by atoms with Gasteiger partial charge in [-0.1, -0.05) is 0 Å². The molecule has 3 rings (SSSR count). The molecule has 19 heavy (non-hydrogen) atoms. The van der Waals surface area contributed by atoms with E-state index in [-0.39, 0.29) is 5.56 Å². The SMILES string of the molecule is CN(C)c1ccc(=O)n(Cc2nnc3n2CCC3)n1. The third kappa shape index (κ3) is 2.11. The molecule has 0 saturated carbocycles. The van der Waals surface area contributed by atoms with Crippen molar-refractivity contribution < 1.29 is 0 Å². The second kappa shape index (κ2) is 4.49. The number of aryl methyl sites for hydroxylation is 1. The molecule has 0 aliphatic carbocycles. The Morgan fingerprint density at radius 1 is 1.32 bits per heavy atom. The normalized spacial score (nSPS) is 13.6. The summed E-state index contributed by atoms with van der Waals surface area (Å²) >= 11 is 0. The summed E-state index contributed by atoms with van der Waals surface area (Å²) < 4.78 is 3.52. The van der Waals surface area contributed by atoms with Crippen molar-refractivity contribution in [3.63, 3.8) is 0 Å². The molecular weight excluding hydrogens is 244 g/mol. The number of anilines is 1. The van der Waals surface area contributed by atoms with E-state index in [2.05, 4.69) is 19.9 Å². The zero-order valence-electron chi connectivity index (χ0n) is 11.1. The van der Waals surface area contributed by atoms with E-state index in [1.807, 2.05) is 19.0 Å². The van der Waals surface area contributed by atoms with Crippen LogP contribution in [0.5, 0.6) is 0 Å². The van der Waals surface area contributed by atoms with Gasteiger partial charge in [-0.15, -0.1) is 10.2 Å². The summed E-state index contributed by atoms with van der Waals surface area (Å²) in [6.07, 6.45) is 2.06. The summed E-state index contributed by atoms with van der Waals surface area (Å²) in [4.78, 5) is 13.7. The Balaban J connectivity index is 1.94. The predicted molar refractivity (Wildman–Crippen MR) is 70.3 cm³/mol. The van der Waals surface area contributed by atoms with Crippen molar-refractivity contribution in [1.29, 1.82) is 0 Å². The van der Waals surface area contributed by atoms with Gasteiger partial charge in [-0.05, 0) is 12.5 Å². The van der Waals surface area contributed by atoms with Crippen molar-refractivity contribution in [1.82, 2.24) is 24.5 Å². The Hall–Kier alpha value is -2.18. The Morgan fingerprint density at radius 2 is 2.16 bits per heavy atom. The highest BCUT2D eigenvalue weighted by Crippen LogP contribution is 2.14. The van der Waals surface area contributed by atoms with Crippen LogP contribution in [-0.4, -0.2) is 38.6 Å². The maximum atomic E-state index is 11.8. The zero-order valence-corrected chi connectivity index (χ0v) is 11.1. The Bertz CT molecular complexity index is 656. The van der Waals surface area contributed by atoms with Crippen LogP contribution in [0, 0.1) is 0 Å². The molecule has 0 unspecified atom stereocenters. The first kappa shape index (κ1) is 11.9. The van der Waals surface area contributed by atoms with Crippen molar-refractivity contribution in [2.24, 2.45) is 0 Å². The maximum absolute atomic E-state index is 11.8. The topological polar surface area (TPSA) is 68.8 Å². The number of rotatable bonds is 3. The van der Waals surface area contributed by atoms with Gasteiger partial charge in [0.15, 0.2) is 5.82 Å². The molecule has 0 saturated heterocycles. The summed E-state index contributed by atoms with van der Waals surface area (Å²) in [6.45, 7) is 1.30. The Kier molecular flexibility index (Phi) is 2.81. The molecular formula is C12H16N6O. The Morgan fingerprint density at radius 3 is 2.95 bits per heavy atom. The molecule has 7 nitrogen and oxygen atoms in total. The average Bonchev–Trinajstić information content (AvgIpc) is 2.96. The van der Waals surface area contributed by atoms with Crippen molar-refractivity contribution >= 4 is 5.82 Å². The first-order valence-electron chi connectivity index (χ1n) is 6.31. The molecule has 0 fully saturated rings. The molecule has 1 aliphatic heterocycles. The molecule has 0 spiro atoms. The number of nitrogens with zero attached hydrogens (tertiary/aromatic N) is 6. The fourth-order valence-corrected chi connectivity index (χ4v) is 2.25. The highest BCUT2D eigenvalue weighted by atomic mass is 16.1. The molecule has 0 amide bonds. The molecule has 2 aromatic heterocycles. The third-order valence-electron chi connectivity index (χ3n) is 3.29.